The fourth-order valence-electron chi connectivity index (χ4n) is 1.08. The maximum Gasteiger partial charge on any atom is 0.251 e. The number of hydrogen-bond donors (Lipinski definition) is 3. The van der Waals surface area contributed by atoms with E-state index in [1.165, 1.54) is 0 Å². The maximum atomic E-state index is 11.6. The van der Waals surface area contributed by atoms with Gasteiger partial charge in [-0.3, -0.25) is 9.78 Å². The minimum Gasteiger partial charge on any atom is -0.394 e. The van der Waals surface area contributed by atoms with Crippen molar-refractivity contribution in [3.8, 4) is 0 Å². The molecule has 82 valence electrons. The molecule has 5 nitrogen and oxygen atoms in total. The predicted octanol–water partition coefficient (Wildman–Crippen LogP) is -0.349. The number of nitrogens with one attached hydrogen (secondary N) is 1. The SMILES string of the molecule is C[C@H](CO)NC(=O)c1ccnc(CN)c1. The Labute approximate surface area is 88.3 Å². The minimum absolute atomic E-state index is 0.0828. The second kappa shape index (κ2) is 5.43. The smallest absolute Gasteiger partial charge is 0.251 e. The first-order valence-electron chi connectivity index (χ1n) is 4.74. The van der Waals surface area contributed by atoms with Crippen LogP contribution in [-0.2, 0) is 6.54 Å². The zero-order valence-electron chi connectivity index (χ0n) is 8.60. The molecular formula is C10H15N3O2. The number of carbonyl (C=O) groups is 1. The Kier molecular flexibility index (Phi) is 4.20. The highest BCUT2D eigenvalue weighted by Gasteiger charge is 2.09. The molecule has 0 aromatic carbocycles. The third-order valence-electron chi connectivity index (χ3n) is 1.94. The van der Waals surface area contributed by atoms with E-state index >= 15 is 0 Å². The molecule has 0 saturated heterocycles. The Bertz CT molecular complexity index is 341. The van der Waals surface area contributed by atoms with Gasteiger partial charge in [0.15, 0.2) is 0 Å². The summed E-state index contributed by atoms with van der Waals surface area (Å²) in [4.78, 5) is 15.6. The van der Waals surface area contributed by atoms with Gasteiger partial charge in [0.2, 0.25) is 0 Å². The summed E-state index contributed by atoms with van der Waals surface area (Å²) < 4.78 is 0. The lowest BCUT2D eigenvalue weighted by Gasteiger charge is -2.10. The van der Waals surface area contributed by atoms with E-state index in [9.17, 15) is 4.79 Å². The van der Waals surface area contributed by atoms with Crippen molar-refractivity contribution in [3.05, 3.63) is 29.6 Å². The molecule has 1 rings (SSSR count). The van der Waals surface area contributed by atoms with Gasteiger partial charge in [0.25, 0.3) is 5.91 Å². The molecule has 0 spiro atoms. The standard InChI is InChI=1S/C10H15N3O2/c1-7(6-14)13-10(15)8-2-3-12-9(4-8)5-11/h2-4,7,14H,5-6,11H2,1H3,(H,13,15)/t7-/m1/s1. The fraction of sp³-hybridized carbons (Fsp3) is 0.400. The van der Waals surface area contributed by atoms with Gasteiger partial charge in [-0.1, -0.05) is 0 Å². The van der Waals surface area contributed by atoms with Crippen molar-refractivity contribution in [1.82, 2.24) is 10.3 Å². The lowest BCUT2D eigenvalue weighted by atomic mass is 10.2. The third kappa shape index (κ3) is 3.30. The number of aliphatic hydroxyl groups is 1. The Hall–Kier alpha value is -1.46. The van der Waals surface area contributed by atoms with Crippen LogP contribution in [0.2, 0.25) is 0 Å². The molecule has 5 heteroatoms. The molecule has 0 fully saturated rings. The number of aromatic nitrogens is 1. The molecule has 1 aromatic rings. The summed E-state index contributed by atoms with van der Waals surface area (Å²) >= 11 is 0. The Morgan fingerprint density at radius 2 is 2.47 bits per heavy atom. The zero-order valence-corrected chi connectivity index (χ0v) is 8.60. The molecular weight excluding hydrogens is 194 g/mol. The lowest BCUT2D eigenvalue weighted by Crippen LogP contribution is -2.35. The Morgan fingerprint density at radius 1 is 1.73 bits per heavy atom. The Balaban J connectivity index is 2.73. The molecule has 1 atom stereocenters. The van der Waals surface area contributed by atoms with E-state index in [2.05, 4.69) is 10.3 Å². The molecule has 0 aliphatic rings. The van der Waals surface area contributed by atoms with Crippen LogP contribution in [0.15, 0.2) is 18.3 Å². The molecule has 0 saturated carbocycles. The normalized spacial score (nSPS) is 12.2. The molecule has 0 bridgehead atoms. The van der Waals surface area contributed by atoms with E-state index in [-0.39, 0.29) is 18.6 Å². The van der Waals surface area contributed by atoms with Crippen molar-refractivity contribution < 1.29 is 9.90 Å². The van der Waals surface area contributed by atoms with Gasteiger partial charge in [0.1, 0.15) is 0 Å². The van der Waals surface area contributed by atoms with Gasteiger partial charge in [-0.25, -0.2) is 0 Å². The quantitative estimate of drug-likeness (QED) is 0.632. The van der Waals surface area contributed by atoms with E-state index in [4.69, 9.17) is 10.8 Å². The first-order valence-corrected chi connectivity index (χ1v) is 4.74. The molecule has 0 radical (unpaired) electrons. The van der Waals surface area contributed by atoms with Gasteiger partial charge >= 0.3 is 0 Å². The second-order valence-corrected chi connectivity index (χ2v) is 3.30. The monoisotopic (exact) mass is 209 g/mol. The van der Waals surface area contributed by atoms with Crippen LogP contribution in [0, 0.1) is 0 Å². The summed E-state index contributed by atoms with van der Waals surface area (Å²) in [5, 5.41) is 11.4. The Morgan fingerprint density at radius 3 is 3.07 bits per heavy atom. The number of amides is 1. The van der Waals surface area contributed by atoms with Gasteiger partial charge in [-0.05, 0) is 19.1 Å². The van der Waals surface area contributed by atoms with Crippen LogP contribution in [-0.4, -0.2) is 28.6 Å². The number of hydrogen-bond acceptors (Lipinski definition) is 4. The van der Waals surface area contributed by atoms with Crippen molar-refractivity contribution in [2.75, 3.05) is 6.61 Å². The van der Waals surface area contributed by atoms with Gasteiger partial charge < -0.3 is 16.2 Å². The third-order valence-corrected chi connectivity index (χ3v) is 1.94. The number of pyridine rings is 1. The van der Waals surface area contributed by atoms with Crippen LogP contribution < -0.4 is 11.1 Å². The van der Waals surface area contributed by atoms with Gasteiger partial charge in [0, 0.05) is 24.3 Å². The summed E-state index contributed by atoms with van der Waals surface area (Å²) in [7, 11) is 0. The molecule has 0 aliphatic carbocycles. The number of rotatable bonds is 4. The molecule has 1 amide bonds. The van der Waals surface area contributed by atoms with Crippen LogP contribution >= 0.6 is 0 Å². The second-order valence-electron chi connectivity index (χ2n) is 3.30. The van der Waals surface area contributed by atoms with E-state index in [1.54, 1.807) is 25.3 Å². The number of nitrogens with two attached hydrogens (primary N) is 1. The van der Waals surface area contributed by atoms with Gasteiger partial charge in [0.05, 0.1) is 12.3 Å². The highest BCUT2D eigenvalue weighted by atomic mass is 16.3. The topological polar surface area (TPSA) is 88.2 Å². The highest BCUT2D eigenvalue weighted by molar-refractivity contribution is 5.94. The van der Waals surface area contributed by atoms with E-state index in [0.717, 1.165) is 0 Å². The molecule has 1 aromatic heterocycles. The van der Waals surface area contributed by atoms with Gasteiger partial charge in [-0.2, -0.15) is 0 Å². The number of aliphatic hydroxyl groups excluding tert-OH is 1. The van der Waals surface area contributed by atoms with Crippen molar-refractivity contribution in [3.63, 3.8) is 0 Å². The van der Waals surface area contributed by atoms with Crippen molar-refractivity contribution in [1.29, 1.82) is 0 Å². The zero-order chi connectivity index (χ0) is 11.3. The summed E-state index contributed by atoms with van der Waals surface area (Å²) in [5.74, 6) is -0.228. The van der Waals surface area contributed by atoms with E-state index in [0.29, 0.717) is 17.8 Å². The summed E-state index contributed by atoms with van der Waals surface area (Å²) in [5.41, 5.74) is 6.58. The number of nitrogens with zero attached hydrogens (tertiary/aromatic N) is 1. The predicted molar refractivity (Wildman–Crippen MR) is 56.1 cm³/mol. The highest BCUT2D eigenvalue weighted by Crippen LogP contribution is 2.01. The number of carbonyl (C=O) groups excluding carboxylic acids is 1. The molecule has 1 heterocycles. The van der Waals surface area contributed by atoms with Crippen molar-refractivity contribution in [2.24, 2.45) is 5.73 Å². The lowest BCUT2D eigenvalue weighted by molar-refractivity contribution is 0.0922. The summed E-state index contributed by atoms with van der Waals surface area (Å²) in [6.45, 7) is 1.94. The molecule has 15 heavy (non-hydrogen) atoms. The molecule has 0 unspecified atom stereocenters. The van der Waals surface area contributed by atoms with Crippen LogP contribution in [0.25, 0.3) is 0 Å². The average molecular weight is 209 g/mol. The molecule has 4 N–H and O–H groups in total. The molecule has 0 aliphatic heterocycles. The van der Waals surface area contributed by atoms with Gasteiger partial charge in [-0.15, -0.1) is 0 Å². The van der Waals surface area contributed by atoms with E-state index < -0.39 is 0 Å². The van der Waals surface area contributed by atoms with E-state index in [1.807, 2.05) is 0 Å². The van der Waals surface area contributed by atoms with Crippen molar-refractivity contribution in [2.45, 2.75) is 19.5 Å². The maximum absolute atomic E-state index is 11.6. The van der Waals surface area contributed by atoms with Crippen LogP contribution in [0.5, 0.6) is 0 Å². The van der Waals surface area contributed by atoms with Crippen molar-refractivity contribution >= 4 is 5.91 Å². The summed E-state index contributed by atoms with van der Waals surface area (Å²) in [6, 6.07) is 2.99. The average Bonchev–Trinajstić information content (AvgIpc) is 2.28. The first kappa shape index (κ1) is 11.6. The largest absolute Gasteiger partial charge is 0.394 e. The van der Waals surface area contributed by atoms with Crippen LogP contribution in [0.3, 0.4) is 0 Å². The minimum atomic E-state index is -0.257. The fourth-order valence-corrected chi connectivity index (χ4v) is 1.08. The van der Waals surface area contributed by atoms with Crippen LogP contribution in [0.4, 0.5) is 0 Å². The first-order chi connectivity index (χ1) is 7.17. The summed E-state index contributed by atoms with van der Waals surface area (Å²) in [6.07, 6.45) is 1.54. The van der Waals surface area contributed by atoms with Crippen LogP contribution in [0.1, 0.15) is 23.0 Å².